The van der Waals surface area contributed by atoms with Crippen LogP contribution in [0, 0.1) is 6.92 Å². The van der Waals surface area contributed by atoms with E-state index in [0.29, 0.717) is 11.6 Å². The van der Waals surface area contributed by atoms with Crippen LogP contribution in [0.5, 0.6) is 11.6 Å². The van der Waals surface area contributed by atoms with Crippen LogP contribution in [-0.4, -0.2) is 28.2 Å². The molecule has 1 N–H and O–H groups in total. The number of ether oxygens (including phenoxy) is 1. The molecule has 0 aliphatic rings. The summed E-state index contributed by atoms with van der Waals surface area (Å²) in [5, 5.41) is 4.22. The zero-order valence-corrected chi connectivity index (χ0v) is 16.2. The summed E-state index contributed by atoms with van der Waals surface area (Å²) in [7, 11) is -3.86. The highest BCUT2D eigenvalue weighted by Crippen LogP contribution is 2.23. The van der Waals surface area contributed by atoms with Crippen molar-refractivity contribution in [3.8, 4) is 17.4 Å². The smallest absolute Gasteiger partial charge is 0.264 e. The average Bonchev–Trinajstić information content (AvgIpc) is 3.15. The van der Waals surface area contributed by atoms with Crippen LogP contribution in [0.1, 0.15) is 5.56 Å². The van der Waals surface area contributed by atoms with E-state index in [1.807, 2.05) is 25.1 Å². The van der Waals surface area contributed by atoms with E-state index in [9.17, 15) is 8.42 Å². The lowest BCUT2D eigenvalue weighted by molar-refractivity contribution is 0.462. The van der Waals surface area contributed by atoms with Gasteiger partial charge in [0.2, 0.25) is 11.8 Å². The summed E-state index contributed by atoms with van der Waals surface area (Å²) in [5.74, 6) is 0.987. The van der Waals surface area contributed by atoms with Crippen LogP contribution < -0.4 is 9.46 Å². The number of sulfonamides is 1. The Morgan fingerprint density at radius 2 is 1.66 bits per heavy atom. The lowest BCUT2D eigenvalue weighted by Gasteiger charge is -2.11. The van der Waals surface area contributed by atoms with Gasteiger partial charge in [0.05, 0.1) is 11.1 Å². The Morgan fingerprint density at radius 3 is 2.31 bits per heavy atom. The maximum atomic E-state index is 12.7. The van der Waals surface area contributed by atoms with Crippen LogP contribution in [0.15, 0.2) is 84.0 Å². The van der Waals surface area contributed by atoms with Gasteiger partial charge in [0.15, 0.2) is 5.82 Å². The van der Waals surface area contributed by atoms with Crippen molar-refractivity contribution < 1.29 is 13.2 Å². The number of nitrogens with zero attached hydrogens (tertiary/aromatic N) is 4. The predicted octanol–water partition coefficient (Wildman–Crippen LogP) is 3.56. The van der Waals surface area contributed by atoms with Crippen molar-refractivity contribution in [2.75, 3.05) is 4.72 Å². The summed E-state index contributed by atoms with van der Waals surface area (Å²) < 4.78 is 35.0. The van der Waals surface area contributed by atoms with Crippen molar-refractivity contribution in [2.24, 2.45) is 0 Å². The Kier molecular flexibility index (Phi) is 4.96. The molecule has 0 unspecified atom stereocenters. The number of nitrogens with one attached hydrogen (secondary N) is 1. The fourth-order valence-corrected chi connectivity index (χ4v) is 3.52. The Labute approximate surface area is 167 Å². The highest BCUT2D eigenvalue weighted by molar-refractivity contribution is 7.92. The quantitative estimate of drug-likeness (QED) is 0.525. The summed E-state index contributed by atoms with van der Waals surface area (Å²) >= 11 is 0. The second-order valence-corrected chi connectivity index (χ2v) is 7.87. The zero-order chi connectivity index (χ0) is 20.3. The molecule has 0 atom stereocenters. The van der Waals surface area contributed by atoms with Crippen molar-refractivity contribution >= 4 is 16.0 Å². The van der Waals surface area contributed by atoms with Crippen molar-refractivity contribution in [3.63, 3.8) is 0 Å². The SMILES string of the molecule is Cc1cnn(-c2cc(Oc3ccccc3)nc(NS(=O)(=O)c3ccccc3)n2)c1. The number of aromatic nitrogens is 4. The zero-order valence-electron chi connectivity index (χ0n) is 15.4. The number of para-hydroxylation sites is 1. The second kappa shape index (κ2) is 7.72. The molecule has 0 radical (unpaired) electrons. The molecule has 0 spiro atoms. The van der Waals surface area contributed by atoms with Crippen molar-refractivity contribution in [2.45, 2.75) is 11.8 Å². The van der Waals surface area contributed by atoms with Gasteiger partial charge in [-0.2, -0.15) is 15.1 Å². The number of benzene rings is 2. The highest BCUT2D eigenvalue weighted by Gasteiger charge is 2.17. The van der Waals surface area contributed by atoms with E-state index in [1.165, 1.54) is 16.8 Å². The summed E-state index contributed by atoms with van der Waals surface area (Å²) in [6.45, 7) is 1.89. The Morgan fingerprint density at radius 1 is 0.966 bits per heavy atom. The largest absolute Gasteiger partial charge is 0.439 e. The van der Waals surface area contributed by atoms with Crippen LogP contribution >= 0.6 is 0 Å². The predicted molar refractivity (Wildman–Crippen MR) is 108 cm³/mol. The third kappa shape index (κ3) is 4.41. The van der Waals surface area contributed by atoms with E-state index in [2.05, 4.69) is 19.8 Å². The van der Waals surface area contributed by atoms with Crippen LogP contribution in [0.3, 0.4) is 0 Å². The van der Waals surface area contributed by atoms with E-state index in [1.54, 1.807) is 48.8 Å². The maximum Gasteiger partial charge on any atom is 0.264 e. The Bertz CT molecular complexity index is 1230. The lowest BCUT2D eigenvalue weighted by atomic mass is 10.3. The molecule has 146 valence electrons. The number of aryl methyl sites for hydroxylation is 1. The maximum absolute atomic E-state index is 12.7. The molecule has 0 saturated carbocycles. The molecule has 2 aromatic carbocycles. The fourth-order valence-electron chi connectivity index (χ4n) is 2.55. The molecule has 4 aromatic rings. The first kappa shape index (κ1) is 18.6. The van der Waals surface area contributed by atoms with Crippen LogP contribution in [0.25, 0.3) is 5.82 Å². The van der Waals surface area contributed by atoms with Gasteiger partial charge in [-0.15, -0.1) is 0 Å². The topological polar surface area (TPSA) is 99.0 Å². The standard InChI is InChI=1S/C20H17N5O3S/c1-15-13-21-25(14-15)18-12-19(28-16-8-4-2-5-9-16)23-20(22-18)24-29(26,27)17-10-6-3-7-11-17/h2-14H,1H3,(H,22,23,24). The van der Waals surface area contributed by atoms with Gasteiger partial charge in [-0.1, -0.05) is 36.4 Å². The molecular formula is C20H17N5O3S. The van der Waals surface area contributed by atoms with E-state index < -0.39 is 10.0 Å². The molecule has 4 rings (SSSR count). The van der Waals surface area contributed by atoms with Gasteiger partial charge in [0, 0.05) is 12.3 Å². The van der Waals surface area contributed by atoms with Crippen molar-refractivity contribution in [3.05, 3.63) is 84.7 Å². The molecular weight excluding hydrogens is 390 g/mol. The first-order chi connectivity index (χ1) is 14.0. The molecule has 2 heterocycles. The van der Waals surface area contributed by atoms with Gasteiger partial charge >= 0.3 is 0 Å². The molecule has 8 nitrogen and oxygen atoms in total. The number of rotatable bonds is 6. The number of hydrogen-bond acceptors (Lipinski definition) is 6. The first-order valence-corrected chi connectivity index (χ1v) is 10.2. The first-order valence-electron chi connectivity index (χ1n) is 8.71. The molecule has 0 aliphatic carbocycles. The summed E-state index contributed by atoms with van der Waals surface area (Å²) in [5.41, 5.74) is 0.931. The van der Waals surface area contributed by atoms with Crippen LogP contribution in [0.2, 0.25) is 0 Å². The van der Waals surface area contributed by atoms with Crippen molar-refractivity contribution in [1.82, 2.24) is 19.7 Å². The molecule has 29 heavy (non-hydrogen) atoms. The van der Waals surface area contributed by atoms with E-state index in [-0.39, 0.29) is 16.7 Å². The molecule has 9 heteroatoms. The minimum Gasteiger partial charge on any atom is -0.439 e. The minimum atomic E-state index is -3.86. The minimum absolute atomic E-state index is 0.106. The van der Waals surface area contributed by atoms with E-state index in [0.717, 1.165) is 5.56 Å². The fraction of sp³-hybridized carbons (Fsp3) is 0.0500. The molecule has 0 bridgehead atoms. The Balaban J connectivity index is 1.73. The van der Waals surface area contributed by atoms with Gasteiger partial charge in [0.1, 0.15) is 5.75 Å². The molecule has 0 saturated heterocycles. The third-order valence-corrected chi connectivity index (χ3v) is 5.22. The summed E-state index contributed by atoms with van der Waals surface area (Å²) in [6.07, 6.45) is 3.44. The second-order valence-electron chi connectivity index (χ2n) is 6.18. The van der Waals surface area contributed by atoms with Crippen molar-refractivity contribution in [1.29, 1.82) is 0 Å². The van der Waals surface area contributed by atoms with Gasteiger partial charge in [-0.3, -0.25) is 0 Å². The monoisotopic (exact) mass is 407 g/mol. The van der Waals surface area contributed by atoms with Crippen LogP contribution in [-0.2, 0) is 10.0 Å². The third-order valence-electron chi connectivity index (χ3n) is 3.88. The average molecular weight is 407 g/mol. The van der Waals surface area contributed by atoms with Gasteiger partial charge < -0.3 is 4.74 Å². The van der Waals surface area contributed by atoms with E-state index >= 15 is 0 Å². The number of hydrogen-bond donors (Lipinski definition) is 1. The Hall–Kier alpha value is -3.72. The van der Waals surface area contributed by atoms with Gasteiger partial charge in [-0.05, 0) is 36.8 Å². The lowest BCUT2D eigenvalue weighted by Crippen LogP contribution is -2.16. The molecule has 2 aromatic heterocycles. The highest BCUT2D eigenvalue weighted by atomic mass is 32.2. The van der Waals surface area contributed by atoms with Gasteiger partial charge in [0.25, 0.3) is 10.0 Å². The molecule has 0 amide bonds. The normalized spacial score (nSPS) is 11.2. The van der Waals surface area contributed by atoms with Gasteiger partial charge in [-0.25, -0.2) is 17.8 Å². The molecule has 0 aliphatic heterocycles. The van der Waals surface area contributed by atoms with E-state index in [4.69, 9.17) is 4.74 Å². The number of anilines is 1. The van der Waals surface area contributed by atoms with Crippen LogP contribution in [0.4, 0.5) is 5.95 Å². The summed E-state index contributed by atoms with van der Waals surface area (Å²) in [6, 6.07) is 18.6. The summed E-state index contributed by atoms with van der Waals surface area (Å²) in [4.78, 5) is 8.60. The molecule has 0 fully saturated rings.